The van der Waals surface area contributed by atoms with Gasteiger partial charge in [0.1, 0.15) is 0 Å². The fourth-order valence-electron chi connectivity index (χ4n) is 0.713. The molecule has 3 heteroatoms. The van der Waals surface area contributed by atoms with Crippen LogP contribution in [0.25, 0.3) is 0 Å². The minimum absolute atomic E-state index is 0.351. The summed E-state index contributed by atoms with van der Waals surface area (Å²) in [6, 6.07) is 0.351. The van der Waals surface area contributed by atoms with Gasteiger partial charge in [0.25, 0.3) is 0 Å². The Morgan fingerprint density at radius 3 is 2.56 bits per heavy atom. The van der Waals surface area contributed by atoms with Gasteiger partial charge in [-0.05, 0) is 6.72 Å². The Labute approximate surface area is 68.4 Å². The number of halogens is 1. The molecule has 0 aromatic rings. The number of nitrogens with zero attached hydrogens (tertiary/aromatic N) is 1. The molecule has 50 valence electrons. The molecule has 1 aliphatic carbocycles. The summed E-state index contributed by atoms with van der Waals surface area (Å²) in [5.41, 5.74) is 5.63. The number of nitrogens with two attached hydrogens (primary N) is 1. The Balaban J connectivity index is 2.32. The molecule has 0 aromatic heterocycles. The van der Waals surface area contributed by atoms with Gasteiger partial charge in [-0.2, -0.15) is 0 Å². The van der Waals surface area contributed by atoms with Crippen molar-refractivity contribution in [2.24, 2.45) is 16.6 Å². The summed E-state index contributed by atoms with van der Waals surface area (Å²) >= 11 is 2.34. The normalized spacial score (nSPS) is 41.3. The summed E-state index contributed by atoms with van der Waals surface area (Å²) in [5, 5.41) is 0. The van der Waals surface area contributed by atoms with Crippen LogP contribution in [0.3, 0.4) is 0 Å². The van der Waals surface area contributed by atoms with Crippen LogP contribution in [0.1, 0.15) is 0 Å². The van der Waals surface area contributed by atoms with Crippen LogP contribution in [0.15, 0.2) is 17.3 Å². The van der Waals surface area contributed by atoms with Crippen molar-refractivity contribution in [3.8, 4) is 0 Å². The summed E-state index contributed by atoms with van der Waals surface area (Å²) in [6.45, 7) is 3.33. The van der Waals surface area contributed by atoms with Gasteiger partial charge in [0.2, 0.25) is 0 Å². The molecule has 0 spiro atoms. The third-order valence-corrected chi connectivity index (χ3v) is 3.11. The molecule has 1 rings (SSSR count). The van der Waals surface area contributed by atoms with Crippen molar-refractivity contribution in [2.45, 2.75) is 9.97 Å². The average molecular weight is 236 g/mol. The highest BCUT2D eigenvalue weighted by molar-refractivity contribution is 14.1. The molecule has 9 heavy (non-hydrogen) atoms. The summed E-state index contributed by atoms with van der Waals surface area (Å²) in [4.78, 5) is 3.60. The number of hydrogen-bond acceptors (Lipinski definition) is 2. The molecule has 0 bridgehead atoms. The highest BCUT2D eigenvalue weighted by atomic mass is 127. The van der Waals surface area contributed by atoms with Crippen molar-refractivity contribution in [2.75, 3.05) is 0 Å². The zero-order valence-corrected chi connectivity index (χ0v) is 7.15. The fraction of sp³-hybridized carbons (Fsp3) is 0.500. The Morgan fingerprint density at radius 2 is 2.22 bits per heavy atom. The first-order valence-electron chi connectivity index (χ1n) is 2.79. The molecule has 0 heterocycles. The molecule has 2 nitrogen and oxygen atoms in total. The van der Waals surface area contributed by atoms with Crippen LogP contribution in [0.5, 0.6) is 0 Å². The SMILES string of the molecule is C=N/C=C\[C@@H]1[C@H](N)[C@H]1I. The van der Waals surface area contributed by atoms with Gasteiger partial charge in [-0.1, -0.05) is 28.7 Å². The van der Waals surface area contributed by atoms with E-state index < -0.39 is 0 Å². The summed E-state index contributed by atoms with van der Waals surface area (Å²) in [5.74, 6) is 0.538. The largest absolute Gasteiger partial charge is 0.326 e. The molecule has 0 aromatic carbocycles. The molecule has 1 fully saturated rings. The van der Waals surface area contributed by atoms with E-state index in [1.165, 1.54) is 0 Å². The third kappa shape index (κ3) is 1.52. The maximum Gasteiger partial charge on any atom is 0.0346 e. The van der Waals surface area contributed by atoms with E-state index in [0.717, 1.165) is 0 Å². The van der Waals surface area contributed by atoms with E-state index in [0.29, 0.717) is 15.9 Å². The Morgan fingerprint density at radius 1 is 1.67 bits per heavy atom. The average Bonchev–Trinajstić information content (AvgIpc) is 2.39. The third-order valence-electron chi connectivity index (χ3n) is 1.45. The summed E-state index contributed by atoms with van der Waals surface area (Å²) < 4.78 is 0.612. The molecule has 0 radical (unpaired) electrons. The van der Waals surface area contributed by atoms with E-state index >= 15 is 0 Å². The Bertz CT molecular complexity index is 136. The van der Waals surface area contributed by atoms with Crippen LogP contribution in [0, 0.1) is 5.92 Å². The number of rotatable bonds is 2. The molecular weight excluding hydrogens is 227 g/mol. The monoisotopic (exact) mass is 236 g/mol. The lowest BCUT2D eigenvalue weighted by atomic mass is 10.4. The molecule has 0 aliphatic heterocycles. The summed E-state index contributed by atoms with van der Waals surface area (Å²) in [6.07, 6.45) is 3.72. The molecule has 3 atom stereocenters. The van der Waals surface area contributed by atoms with Gasteiger partial charge in [-0.15, -0.1) is 0 Å². The van der Waals surface area contributed by atoms with Crippen LogP contribution in [-0.4, -0.2) is 16.7 Å². The van der Waals surface area contributed by atoms with E-state index in [-0.39, 0.29) is 0 Å². The van der Waals surface area contributed by atoms with Gasteiger partial charge in [0, 0.05) is 22.1 Å². The van der Waals surface area contributed by atoms with E-state index in [1.54, 1.807) is 6.20 Å². The van der Waals surface area contributed by atoms with Gasteiger partial charge in [-0.3, -0.25) is 4.99 Å². The first-order chi connectivity index (χ1) is 4.27. The highest BCUT2D eigenvalue weighted by Crippen LogP contribution is 2.37. The van der Waals surface area contributed by atoms with E-state index in [4.69, 9.17) is 5.73 Å². The van der Waals surface area contributed by atoms with Crippen LogP contribution < -0.4 is 5.73 Å². The second-order valence-corrected chi connectivity index (χ2v) is 3.56. The molecule has 1 saturated carbocycles. The topological polar surface area (TPSA) is 38.4 Å². The van der Waals surface area contributed by atoms with Crippen molar-refractivity contribution >= 4 is 29.3 Å². The molecule has 0 amide bonds. The first-order valence-corrected chi connectivity index (χ1v) is 4.04. The minimum atomic E-state index is 0.351. The van der Waals surface area contributed by atoms with E-state index in [2.05, 4.69) is 34.3 Å². The lowest BCUT2D eigenvalue weighted by molar-refractivity contribution is 0.973. The highest BCUT2D eigenvalue weighted by Gasteiger charge is 2.43. The zero-order chi connectivity index (χ0) is 6.85. The maximum absolute atomic E-state index is 5.63. The number of hydrogen-bond donors (Lipinski definition) is 1. The second-order valence-electron chi connectivity index (χ2n) is 2.12. The fourth-order valence-corrected chi connectivity index (χ4v) is 1.67. The van der Waals surface area contributed by atoms with E-state index in [9.17, 15) is 0 Å². The standard InChI is InChI=1S/C6H9IN2/c1-9-3-2-4-5(7)6(4)8/h2-6H,1,8H2/b3-2-/t4-,5-,6-/m0/s1. The quantitative estimate of drug-likeness (QED) is 0.433. The van der Waals surface area contributed by atoms with Crippen molar-refractivity contribution in [3.63, 3.8) is 0 Å². The lowest BCUT2D eigenvalue weighted by Gasteiger charge is -1.77. The molecular formula is C6H9IN2. The zero-order valence-electron chi connectivity index (χ0n) is 5.00. The summed E-state index contributed by atoms with van der Waals surface area (Å²) in [7, 11) is 0. The lowest BCUT2D eigenvalue weighted by Crippen LogP contribution is -2.02. The molecule has 2 N–H and O–H groups in total. The predicted octanol–water partition coefficient (Wildman–Crippen LogP) is 0.961. The predicted molar refractivity (Wildman–Crippen MR) is 48.0 cm³/mol. The van der Waals surface area contributed by atoms with Gasteiger partial charge in [0.05, 0.1) is 0 Å². The van der Waals surface area contributed by atoms with Crippen LogP contribution in [0.2, 0.25) is 0 Å². The molecule has 1 aliphatic rings. The molecule has 0 unspecified atom stereocenters. The van der Waals surface area contributed by atoms with Gasteiger partial charge >= 0.3 is 0 Å². The van der Waals surface area contributed by atoms with Crippen LogP contribution >= 0.6 is 22.6 Å². The van der Waals surface area contributed by atoms with Crippen LogP contribution in [0.4, 0.5) is 0 Å². The van der Waals surface area contributed by atoms with Crippen molar-refractivity contribution in [1.82, 2.24) is 0 Å². The van der Waals surface area contributed by atoms with E-state index in [1.807, 2.05) is 6.08 Å². The van der Waals surface area contributed by atoms with Crippen molar-refractivity contribution in [1.29, 1.82) is 0 Å². The van der Waals surface area contributed by atoms with Gasteiger partial charge < -0.3 is 5.73 Å². The number of aliphatic imine (C=N–C) groups is 1. The smallest absolute Gasteiger partial charge is 0.0346 e. The van der Waals surface area contributed by atoms with Crippen molar-refractivity contribution in [3.05, 3.63) is 12.3 Å². The molecule has 0 saturated heterocycles. The Hall–Kier alpha value is 0.1000. The van der Waals surface area contributed by atoms with Crippen molar-refractivity contribution < 1.29 is 0 Å². The number of alkyl halides is 1. The maximum atomic E-state index is 5.63. The van der Waals surface area contributed by atoms with Crippen LogP contribution in [-0.2, 0) is 0 Å². The van der Waals surface area contributed by atoms with Gasteiger partial charge in [0.15, 0.2) is 0 Å². The van der Waals surface area contributed by atoms with Gasteiger partial charge in [-0.25, -0.2) is 0 Å². The Kier molecular flexibility index (Phi) is 2.23. The minimum Gasteiger partial charge on any atom is -0.326 e. The first kappa shape index (κ1) is 7.21. The second kappa shape index (κ2) is 2.79.